The number of nitrogens with two attached hydrogens (primary N) is 1. The van der Waals surface area contributed by atoms with Crippen molar-refractivity contribution in [1.82, 2.24) is 14.5 Å². The van der Waals surface area contributed by atoms with Gasteiger partial charge in [0, 0.05) is 23.6 Å². The van der Waals surface area contributed by atoms with Crippen molar-refractivity contribution in [2.75, 3.05) is 24.7 Å². The molecule has 0 aliphatic rings. The van der Waals surface area contributed by atoms with Crippen LogP contribution in [0.15, 0.2) is 58.3 Å². The molecule has 0 aliphatic heterocycles. The minimum atomic E-state index is -3.50. The van der Waals surface area contributed by atoms with Crippen molar-refractivity contribution in [3.05, 3.63) is 76.7 Å². The highest BCUT2D eigenvalue weighted by atomic mass is 32.2. The summed E-state index contributed by atoms with van der Waals surface area (Å²) in [5.74, 6) is 0.516. The van der Waals surface area contributed by atoms with Crippen LogP contribution in [-0.4, -0.2) is 53.9 Å². The fraction of sp³-hybridized carbons (Fsp3) is 0.375. The lowest BCUT2D eigenvalue weighted by Gasteiger charge is -2.12. The molecule has 2 N–H and O–H groups in total. The lowest BCUT2D eigenvalue weighted by molar-refractivity contribution is 0.0516. The Morgan fingerprint density at radius 2 is 1.43 bits per heavy atom. The van der Waals surface area contributed by atoms with E-state index in [4.69, 9.17) is 20.2 Å². The largest absolute Gasteiger partial charge is 0.462 e. The zero-order valence-electron chi connectivity index (χ0n) is 25.8. The minimum absolute atomic E-state index is 0.0183. The molecule has 0 atom stereocenters. The van der Waals surface area contributed by atoms with Crippen LogP contribution >= 0.6 is 12.6 Å². The highest BCUT2D eigenvalue weighted by Gasteiger charge is 2.19. The molecule has 4 rings (SSSR count). The van der Waals surface area contributed by atoms with Gasteiger partial charge in [0.1, 0.15) is 11.3 Å². The standard InChI is InChI=1S/C23H30N4O4S.C9H10O2S/c1-5-8-19-26-20-21(15(3)16(4)25-22(20)24)27(19)13-7-14-32(29,30)18-11-9-17(10-12-18)23(28)31-6-2;1-2-11-9(10)7-3-5-8(12)6-4-7/h9-12H,5-8,13-14H2,1-4H3,(H2,24,25);3-6,12H,2H2,1H3. The Morgan fingerprint density at radius 1 is 0.886 bits per heavy atom. The van der Waals surface area contributed by atoms with Crippen molar-refractivity contribution in [3.8, 4) is 0 Å². The highest BCUT2D eigenvalue weighted by Crippen LogP contribution is 2.27. The number of aromatic nitrogens is 3. The van der Waals surface area contributed by atoms with Gasteiger partial charge in [-0.2, -0.15) is 0 Å². The van der Waals surface area contributed by atoms with Crippen LogP contribution in [0, 0.1) is 13.8 Å². The molecule has 2 aromatic carbocycles. The SMILES string of the molecule is CCCc1nc2c(N)nc(C)c(C)c2n1CCCS(=O)(=O)c1ccc(C(=O)OCC)cc1.CCOC(=O)c1ccc(S)cc1. The fourth-order valence-corrected chi connectivity index (χ4v) is 6.00. The van der Waals surface area contributed by atoms with Crippen LogP contribution in [0.1, 0.15) is 71.4 Å². The highest BCUT2D eigenvalue weighted by molar-refractivity contribution is 7.91. The Bertz CT molecular complexity index is 1700. The van der Waals surface area contributed by atoms with Gasteiger partial charge >= 0.3 is 11.9 Å². The number of carbonyl (C=O) groups excluding carboxylic acids is 2. The fourth-order valence-electron chi connectivity index (χ4n) is 4.56. The van der Waals surface area contributed by atoms with Crippen LogP contribution in [0.5, 0.6) is 0 Å². The Labute approximate surface area is 264 Å². The molecule has 10 nitrogen and oxygen atoms in total. The molecule has 2 heterocycles. The molecular formula is C32H40N4O6S2. The topological polar surface area (TPSA) is 143 Å². The third kappa shape index (κ3) is 8.60. The molecule has 0 bridgehead atoms. The normalized spacial score (nSPS) is 11.1. The molecule has 0 fully saturated rings. The van der Waals surface area contributed by atoms with Gasteiger partial charge in [-0.05, 0) is 94.6 Å². The molecule has 4 aromatic rings. The molecule has 2 aromatic heterocycles. The molecule has 0 unspecified atom stereocenters. The minimum Gasteiger partial charge on any atom is -0.462 e. The van der Waals surface area contributed by atoms with E-state index in [1.54, 1.807) is 38.1 Å². The molecule has 0 spiro atoms. The van der Waals surface area contributed by atoms with E-state index in [2.05, 4.69) is 29.1 Å². The summed E-state index contributed by atoms with van der Waals surface area (Å²) in [6.45, 7) is 10.7. The van der Waals surface area contributed by atoms with E-state index < -0.39 is 15.8 Å². The second kappa shape index (κ2) is 15.7. The summed E-state index contributed by atoms with van der Waals surface area (Å²) in [7, 11) is -3.50. The molecule has 12 heteroatoms. The third-order valence-corrected chi connectivity index (χ3v) is 8.96. The smallest absolute Gasteiger partial charge is 0.338 e. The summed E-state index contributed by atoms with van der Waals surface area (Å²) in [5.41, 5.74) is 10.5. The van der Waals surface area contributed by atoms with Crippen molar-refractivity contribution in [1.29, 1.82) is 0 Å². The Hall–Kier alpha value is -3.90. The van der Waals surface area contributed by atoms with E-state index in [0.717, 1.165) is 40.3 Å². The van der Waals surface area contributed by atoms with Gasteiger partial charge in [-0.1, -0.05) is 6.92 Å². The summed E-state index contributed by atoms with van der Waals surface area (Å²) in [5, 5.41) is 0. The van der Waals surface area contributed by atoms with Crippen LogP contribution < -0.4 is 5.73 Å². The molecule has 44 heavy (non-hydrogen) atoms. The van der Waals surface area contributed by atoms with Gasteiger partial charge in [0.25, 0.3) is 0 Å². The first-order chi connectivity index (χ1) is 20.9. The predicted molar refractivity (Wildman–Crippen MR) is 174 cm³/mol. The van der Waals surface area contributed by atoms with Gasteiger partial charge in [0.2, 0.25) is 0 Å². The number of pyridine rings is 1. The first kappa shape index (κ1) is 34.6. The summed E-state index contributed by atoms with van der Waals surface area (Å²) >= 11 is 4.10. The summed E-state index contributed by atoms with van der Waals surface area (Å²) in [4.78, 5) is 33.0. The number of carbonyl (C=O) groups is 2. The zero-order valence-corrected chi connectivity index (χ0v) is 27.5. The second-order valence-electron chi connectivity index (χ2n) is 10.0. The third-order valence-electron chi connectivity index (χ3n) is 6.85. The van der Waals surface area contributed by atoms with Crippen molar-refractivity contribution in [3.63, 3.8) is 0 Å². The van der Waals surface area contributed by atoms with Crippen molar-refractivity contribution in [2.45, 2.75) is 70.2 Å². The summed E-state index contributed by atoms with van der Waals surface area (Å²) < 4.78 is 37.5. The monoisotopic (exact) mass is 640 g/mol. The lowest BCUT2D eigenvalue weighted by atomic mass is 10.2. The Morgan fingerprint density at radius 3 is 1.95 bits per heavy atom. The van der Waals surface area contributed by atoms with E-state index >= 15 is 0 Å². The number of hydrogen-bond acceptors (Lipinski definition) is 10. The number of rotatable bonds is 11. The van der Waals surface area contributed by atoms with Gasteiger partial charge in [-0.15, -0.1) is 12.6 Å². The Balaban J connectivity index is 0.000000369. The maximum absolute atomic E-state index is 12.8. The number of nitrogen functional groups attached to an aromatic ring is 1. The summed E-state index contributed by atoms with van der Waals surface area (Å²) in [6, 6.07) is 12.8. The van der Waals surface area contributed by atoms with Gasteiger partial charge < -0.3 is 19.8 Å². The van der Waals surface area contributed by atoms with Gasteiger partial charge in [0.05, 0.1) is 40.5 Å². The molecule has 0 saturated heterocycles. The molecule has 0 aliphatic carbocycles. The average Bonchev–Trinajstić information content (AvgIpc) is 3.36. The number of thiol groups is 1. The maximum atomic E-state index is 12.8. The number of imidazole rings is 1. The summed E-state index contributed by atoms with van der Waals surface area (Å²) in [6.07, 6.45) is 2.11. The Kier molecular flexibility index (Phi) is 12.4. The number of nitrogens with zero attached hydrogens (tertiary/aromatic N) is 3. The van der Waals surface area contributed by atoms with Crippen molar-refractivity contribution >= 4 is 51.3 Å². The second-order valence-corrected chi connectivity index (χ2v) is 12.6. The predicted octanol–water partition coefficient (Wildman–Crippen LogP) is 5.78. The van der Waals surface area contributed by atoms with Crippen LogP contribution in [0.25, 0.3) is 11.0 Å². The van der Waals surface area contributed by atoms with E-state index in [1.165, 1.54) is 24.3 Å². The zero-order chi connectivity index (χ0) is 32.4. The molecule has 0 radical (unpaired) electrons. The van der Waals surface area contributed by atoms with E-state index in [0.29, 0.717) is 42.0 Å². The first-order valence-electron chi connectivity index (χ1n) is 14.5. The molecular weight excluding hydrogens is 601 g/mol. The quantitative estimate of drug-likeness (QED) is 0.154. The van der Waals surface area contributed by atoms with Gasteiger partial charge in [0.15, 0.2) is 15.7 Å². The number of ether oxygens (including phenoxy) is 2. The van der Waals surface area contributed by atoms with Crippen LogP contribution in [0.4, 0.5) is 5.82 Å². The number of sulfone groups is 1. The molecule has 0 saturated carbocycles. The maximum Gasteiger partial charge on any atom is 0.338 e. The van der Waals surface area contributed by atoms with E-state index in [-0.39, 0.29) is 23.2 Å². The molecule has 0 amide bonds. The average molecular weight is 641 g/mol. The van der Waals surface area contributed by atoms with Crippen LogP contribution in [0.2, 0.25) is 0 Å². The van der Waals surface area contributed by atoms with E-state index in [1.807, 2.05) is 13.8 Å². The van der Waals surface area contributed by atoms with Crippen molar-refractivity contribution in [2.24, 2.45) is 0 Å². The number of hydrogen-bond donors (Lipinski definition) is 2. The number of aryl methyl sites for hydroxylation is 4. The van der Waals surface area contributed by atoms with E-state index in [9.17, 15) is 18.0 Å². The molecule has 236 valence electrons. The number of fused-ring (bicyclic) bond motifs is 1. The lowest BCUT2D eigenvalue weighted by Crippen LogP contribution is -2.12. The van der Waals surface area contributed by atoms with Crippen LogP contribution in [0.3, 0.4) is 0 Å². The van der Waals surface area contributed by atoms with Gasteiger partial charge in [-0.25, -0.2) is 28.0 Å². The number of benzene rings is 2. The number of anilines is 1. The van der Waals surface area contributed by atoms with Crippen molar-refractivity contribution < 1.29 is 27.5 Å². The van der Waals surface area contributed by atoms with Crippen LogP contribution in [-0.2, 0) is 32.3 Å². The van der Waals surface area contributed by atoms with Gasteiger partial charge in [-0.3, -0.25) is 0 Å². The number of esters is 2. The first-order valence-corrected chi connectivity index (χ1v) is 16.6.